The summed E-state index contributed by atoms with van der Waals surface area (Å²) >= 11 is 0. The Kier molecular flexibility index (Phi) is 4.21. The minimum atomic E-state index is 0.0681. The van der Waals surface area contributed by atoms with E-state index in [0.717, 1.165) is 47.5 Å². The van der Waals surface area contributed by atoms with Gasteiger partial charge in [0, 0.05) is 43.8 Å². The van der Waals surface area contributed by atoms with Crippen molar-refractivity contribution in [3.8, 4) is 11.3 Å². The van der Waals surface area contributed by atoms with Gasteiger partial charge in [0.25, 0.3) is 0 Å². The predicted molar refractivity (Wildman–Crippen MR) is 115 cm³/mol. The highest BCUT2D eigenvalue weighted by atomic mass is 16.2. The second-order valence-electron chi connectivity index (χ2n) is 9.07. The first-order valence-corrected chi connectivity index (χ1v) is 10.3. The summed E-state index contributed by atoms with van der Waals surface area (Å²) in [5.41, 5.74) is 2.68. The number of rotatable bonds is 5. The third-order valence-electron chi connectivity index (χ3n) is 6.53. The second-order valence-corrected chi connectivity index (χ2v) is 9.07. The number of anilines is 1. The predicted octanol–water partition coefficient (Wildman–Crippen LogP) is 3.61. The zero-order chi connectivity index (χ0) is 20.2. The SMILES string of the molecule is Cc1ncc(-c2ccc3cnc(NC(=O)C4CN(CC5(C)CC5)C4)cc3c2)n1C. The van der Waals surface area contributed by atoms with Crippen LogP contribution in [0, 0.1) is 18.3 Å². The molecule has 1 saturated heterocycles. The van der Waals surface area contributed by atoms with Gasteiger partial charge in [0.1, 0.15) is 11.6 Å². The van der Waals surface area contributed by atoms with Gasteiger partial charge in [-0.05, 0) is 42.7 Å². The molecule has 6 heteroatoms. The Morgan fingerprint density at radius 2 is 1.97 bits per heavy atom. The number of imidazole rings is 1. The van der Waals surface area contributed by atoms with Gasteiger partial charge in [0.2, 0.25) is 5.91 Å². The third-order valence-corrected chi connectivity index (χ3v) is 6.53. The van der Waals surface area contributed by atoms with Gasteiger partial charge in [-0.1, -0.05) is 19.1 Å². The van der Waals surface area contributed by atoms with Crippen molar-refractivity contribution in [1.29, 1.82) is 0 Å². The molecular weight excluding hydrogens is 362 g/mol. The number of nitrogens with zero attached hydrogens (tertiary/aromatic N) is 4. The number of nitrogens with one attached hydrogen (secondary N) is 1. The van der Waals surface area contributed by atoms with Crippen LogP contribution in [0.2, 0.25) is 0 Å². The summed E-state index contributed by atoms with van der Waals surface area (Å²) in [6, 6.07) is 8.24. The number of likely N-dealkylation sites (tertiary alicyclic amines) is 1. The molecule has 0 bridgehead atoms. The Balaban J connectivity index is 1.29. The Morgan fingerprint density at radius 1 is 1.17 bits per heavy atom. The maximum atomic E-state index is 12.6. The van der Waals surface area contributed by atoms with Crippen LogP contribution >= 0.6 is 0 Å². The van der Waals surface area contributed by atoms with Gasteiger partial charge >= 0.3 is 0 Å². The first-order chi connectivity index (χ1) is 13.9. The van der Waals surface area contributed by atoms with Crippen molar-refractivity contribution in [3.05, 3.63) is 42.5 Å². The molecule has 3 aromatic rings. The van der Waals surface area contributed by atoms with Crippen molar-refractivity contribution < 1.29 is 4.79 Å². The van der Waals surface area contributed by atoms with Crippen LogP contribution in [0.25, 0.3) is 22.0 Å². The third kappa shape index (κ3) is 3.53. The molecule has 1 aromatic carbocycles. The fraction of sp³-hybridized carbons (Fsp3) is 0.435. The number of aromatic nitrogens is 3. The van der Waals surface area contributed by atoms with Crippen molar-refractivity contribution >= 4 is 22.5 Å². The minimum Gasteiger partial charge on any atom is -0.331 e. The van der Waals surface area contributed by atoms with Crippen LogP contribution in [-0.2, 0) is 11.8 Å². The fourth-order valence-corrected chi connectivity index (χ4v) is 4.14. The maximum Gasteiger partial charge on any atom is 0.231 e. The van der Waals surface area contributed by atoms with E-state index >= 15 is 0 Å². The molecule has 0 atom stereocenters. The van der Waals surface area contributed by atoms with Gasteiger partial charge in [0.15, 0.2) is 0 Å². The van der Waals surface area contributed by atoms with Crippen molar-refractivity contribution in [2.24, 2.45) is 18.4 Å². The van der Waals surface area contributed by atoms with Crippen LogP contribution < -0.4 is 5.32 Å². The van der Waals surface area contributed by atoms with E-state index in [0.29, 0.717) is 11.2 Å². The maximum absolute atomic E-state index is 12.6. The van der Waals surface area contributed by atoms with Crippen LogP contribution in [0.1, 0.15) is 25.6 Å². The molecule has 0 radical (unpaired) electrons. The van der Waals surface area contributed by atoms with Gasteiger partial charge in [-0.2, -0.15) is 0 Å². The molecule has 1 N–H and O–H groups in total. The van der Waals surface area contributed by atoms with E-state index in [4.69, 9.17) is 0 Å². The van der Waals surface area contributed by atoms with E-state index < -0.39 is 0 Å². The van der Waals surface area contributed by atoms with Crippen LogP contribution in [-0.4, -0.2) is 45.0 Å². The number of aryl methyl sites for hydroxylation is 1. The lowest BCUT2D eigenvalue weighted by atomic mass is 9.96. The van der Waals surface area contributed by atoms with E-state index in [1.807, 2.05) is 32.4 Å². The Morgan fingerprint density at radius 3 is 2.66 bits per heavy atom. The number of fused-ring (bicyclic) bond motifs is 1. The highest BCUT2D eigenvalue weighted by Gasteiger charge is 2.43. The molecule has 3 heterocycles. The average molecular weight is 390 g/mol. The summed E-state index contributed by atoms with van der Waals surface area (Å²) < 4.78 is 2.08. The molecule has 0 spiro atoms. The molecule has 0 unspecified atom stereocenters. The fourth-order valence-electron chi connectivity index (χ4n) is 4.14. The standard InChI is InChI=1S/C23H27N5O/c1-15-24-11-20(27(15)3)16-4-5-17-10-25-21(9-18(17)8-16)26-22(29)19-12-28(13-19)14-23(2)6-7-23/h4-5,8-11,19H,6-7,12-14H2,1-3H3,(H,25,26,29). The number of amides is 1. The molecule has 1 aliphatic carbocycles. The molecule has 1 aliphatic heterocycles. The smallest absolute Gasteiger partial charge is 0.231 e. The summed E-state index contributed by atoms with van der Waals surface area (Å²) in [6.45, 7) is 7.17. The van der Waals surface area contributed by atoms with Crippen LogP contribution in [0.15, 0.2) is 36.7 Å². The van der Waals surface area contributed by atoms with Gasteiger partial charge in [-0.3, -0.25) is 4.79 Å². The first kappa shape index (κ1) is 18.3. The lowest BCUT2D eigenvalue weighted by Crippen LogP contribution is -2.53. The molecule has 2 aliphatic rings. The zero-order valence-electron chi connectivity index (χ0n) is 17.3. The summed E-state index contributed by atoms with van der Waals surface area (Å²) in [7, 11) is 2.02. The van der Waals surface area contributed by atoms with Crippen LogP contribution in [0.3, 0.4) is 0 Å². The summed E-state index contributed by atoms with van der Waals surface area (Å²) in [4.78, 5) is 23.8. The Labute approximate surface area is 171 Å². The number of hydrogen-bond acceptors (Lipinski definition) is 4. The minimum absolute atomic E-state index is 0.0681. The van der Waals surface area contributed by atoms with Crippen LogP contribution in [0.5, 0.6) is 0 Å². The molecule has 1 amide bonds. The van der Waals surface area contributed by atoms with Crippen molar-refractivity contribution in [1.82, 2.24) is 19.4 Å². The first-order valence-electron chi connectivity index (χ1n) is 10.3. The second kappa shape index (κ2) is 6.66. The molecule has 6 nitrogen and oxygen atoms in total. The number of carbonyl (C=O) groups is 1. The Bertz CT molecular complexity index is 1090. The lowest BCUT2D eigenvalue weighted by Gasteiger charge is -2.39. The molecular formula is C23H27N5O. The quantitative estimate of drug-likeness (QED) is 0.724. The molecule has 29 heavy (non-hydrogen) atoms. The Hall–Kier alpha value is -2.73. The molecule has 150 valence electrons. The van der Waals surface area contributed by atoms with Gasteiger partial charge in [0.05, 0.1) is 17.8 Å². The summed E-state index contributed by atoms with van der Waals surface area (Å²) in [5.74, 6) is 1.74. The zero-order valence-corrected chi connectivity index (χ0v) is 17.3. The number of carbonyl (C=O) groups excluding carboxylic acids is 1. The molecule has 2 fully saturated rings. The normalized spacial score (nSPS) is 18.6. The van der Waals surface area contributed by atoms with E-state index in [9.17, 15) is 4.79 Å². The van der Waals surface area contributed by atoms with Gasteiger partial charge < -0.3 is 14.8 Å². The van der Waals surface area contributed by atoms with Crippen molar-refractivity contribution in [3.63, 3.8) is 0 Å². The molecule has 2 aromatic heterocycles. The van der Waals surface area contributed by atoms with Crippen molar-refractivity contribution in [2.45, 2.75) is 26.7 Å². The summed E-state index contributed by atoms with van der Waals surface area (Å²) in [6.07, 6.45) is 6.36. The largest absolute Gasteiger partial charge is 0.331 e. The monoisotopic (exact) mass is 389 g/mol. The lowest BCUT2D eigenvalue weighted by molar-refractivity contribution is -0.125. The van der Waals surface area contributed by atoms with Gasteiger partial charge in [-0.15, -0.1) is 0 Å². The summed E-state index contributed by atoms with van der Waals surface area (Å²) in [5, 5.41) is 5.13. The van der Waals surface area contributed by atoms with E-state index in [1.54, 1.807) is 0 Å². The molecule has 5 rings (SSSR count). The number of pyridine rings is 1. The highest BCUT2D eigenvalue weighted by molar-refractivity contribution is 5.95. The van der Waals surface area contributed by atoms with E-state index in [1.165, 1.54) is 12.8 Å². The average Bonchev–Trinajstić information content (AvgIpc) is 3.31. The number of benzene rings is 1. The highest BCUT2D eigenvalue weighted by Crippen LogP contribution is 2.46. The van der Waals surface area contributed by atoms with Crippen molar-refractivity contribution in [2.75, 3.05) is 25.0 Å². The topological polar surface area (TPSA) is 63.1 Å². The van der Waals surface area contributed by atoms with Gasteiger partial charge in [-0.25, -0.2) is 9.97 Å². The van der Waals surface area contributed by atoms with E-state index in [2.05, 4.69) is 49.9 Å². The van der Waals surface area contributed by atoms with Crippen LogP contribution in [0.4, 0.5) is 5.82 Å². The van der Waals surface area contributed by atoms with E-state index in [-0.39, 0.29) is 11.8 Å². The molecule has 1 saturated carbocycles. The number of hydrogen-bond donors (Lipinski definition) is 1.